The first-order chi connectivity index (χ1) is 13.2. The van der Waals surface area contributed by atoms with Crippen LogP contribution < -0.4 is 0 Å². The van der Waals surface area contributed by atoms with E-state index in [1.807, 2.05) is 6.92 Å². The Labute approximate surface area is 170 Å². The van der Waals surface area contributed by atoms with Crippen LogP contribution in [-0.2, 0) is 14.3 Å². The fourth-order valence-corrected chi connectivity index (χ4v) is 7.86. The van der Waals surface area contributed by atoms with Crippen LogP contribution in [0.3, 0.4) is 0 Å². The maximum Gasteiger partial charge on any atom is 0.333 e. The average Bonchev–Trinajstić information content (AvgIpc) is 2.98. The van der Waals surface area contributed by atoms with E-state index in [1.165, 1.54) is 51.7 Å². The van der Waals surface area contributed by atoms with Gasteiger partial charge in [-0.15, -0.1) is 0 Å². The SMILES string of the molecule is COC(=O)/C=C/O[C@H]1CCC2[C@@H]3CC[C@H]4C[C@@](C)(O)CC[C@]4(C)[C@H]3CC[C@@]21C. The molecule has 1 unspecified atom stereocenters. The third kappa shape index (κ3) is 3.20. The number of methoxy groups -OCH3 is 1. The lowest BCUT2D eigenvalue weighted by atomic mass is 9.44. The highest BCUT2D eigenvalue weighted by Crippen LogP contribution is 2.67. The standard InChI is InChI=1S/C24H38O4/c1-22(26)12-13-23(2)16(15-22)5-6-17-18-7-8-20(28-14-10-21(25)27-4)24(18,3)11-9-19(17)23/h10,14,16-20,26H,5-9,11-13,15H2,1-4H3/b14-10+/t16-,17-,18?,19-,20-,22-,23-,24-/m0/s1. The van der Waals surface area contributed by atoms with Crippen LogP contribution in [-0.4, -0.2) is 29.9 Å². The van der Waals surface area contributed by atoms with Crippen LogP contribution in [0.4, 0.5) is 0 Å². The molecule has 4 saturated carbocycles. The fourth-order valence-electron chi connectivity index (χ4n) is 7.86. The molecule has 4 heteroatoms. The van der Waals surface area contributed by atoms with Crippen molar-refractivity contribution < 1.29 is 19.4 Å². The van der Waals surface area contributed by atoms with Crippen LogP contribution in [0.2, 0.25) is 0 Å². The van der Waals surface area contributed by atoms with Gasteiger partial charge in [0.05, 0.1) is 25.0 Å². The van der Waals surface area contributed by atoms with Gasteiger partial charge in [0.15, 0.2) is 0 Å². The van der Waals surface area contributed by atoms with Crippen molar-refractivity contribution in [3.63, 3.8) is 0 Å². The van der Waals surface area contributed by atoms with E-state index in [0.717, 1.165) is 37.0 Å². The van der Waals surface area contributed by atoms with Crippen molar-refractivity contribution in [2.45, 2.75) is 90.3 Å². The zero-order chi connectivity index (χ0) is 20.2. The van der Waals surface area contributed by atoms with E-state index in [4.69, 9.17) is 4.74 Å². The molecule has 0 aromatic heterocycles. The maximum atomic E-state index is 11.3. The van der Waals surface area contributed by atoms with Gasteiger partial charge in [0.1, 0.15) is 6.10 Å². The minimum atomic E-state index is -0.460. The van der Waals surface area contributed by atoms with E-state index in [9.17, 15) is 9.90 Å². The molecule has 4 aliphatic carbocycles. The Bertz CT molecular complexity index is 641. The maximum absolute atomic E-state index is 11.3. The summed E-state index contributed by atoms with van der Waals surface area (Å²) in [7, 11) is 1.39. The molecule has 0 aromatic carbocycles. The Morgan fingerprint density at radius 3 is 2.46 bits per heavy atom. The molecule has 4 aliphatic rings. The smallest absolute Gasteiger partial charge is 0.333 e. The Morgan fingerprint density at radius 1 is 0.964 bits per heavy atom. The molecule has 4 rings (SSSR count). The van der Waals surface area contributed by atoms with Crippen molar-refractivity contribution >= 4 is 5.97 Å². The number of aliphatic hydroxyl groups is 1. The molecule has 0 aromatic rings. The third-order valence-electron chi connectivity index (χ3n) is 9.51. The molecule has 0 amide bonds. The van der Waals surface area contributed by atoms with Gasteiger partial charge >= 0.3 is 5.97 Å². The first kappa shape index (κ1) is 20.3. The molecule has 0 bridgehead atoms. The number of carbonyl (C=O) groups is 1. The Kier molecular flexibility index (Phi) is 5.09. The summed E-state index contributed by atoms with van der Waals surface area (Å²) in [5.74, 6) is 2.63. The third-order valence-corrected chi connectivity index (χ3v) is 9.51. The largest absolute Gasteiger partial charge is 0.497 e. The van der Waals surface area contributed by atoms with Crippen molar-refractivity contribution in [1.82, 2.24) is 0 Å². The fraction of sp³-hybridized carbons (Fsp3) is 0.875. The highest BCUT2D eigenvalue weighted by molar-refractivity contribution is 5.81. The molecule has 1 N–H and O–H groups in total. The molecule has 0 heterocycles. The monoisotopic (exact) mass is 390 g/mol. The number of rotatable bonds is 3. The van der Waals surface area contributed by atoms with Gasteiger partial charge in [-0.25, -0.2) is 4.79 Å². The molecule has 4 fully saturated rings. The highest BCUT2D eigenvalue weighted by Gasteiger charge is 2.61. The quantitative estimate of drug-likeness (QED) is 0.425. The molecule has 8 atom stereocenters. The second-order valence-corrected chi connectivity index (χ2v) is 10.9. The first-order valence-electron chi connectivity index (χ1n) is 11.3. The summed E-state index contributed by atoms with van der Waals surface area (Å²) in [6.45, 7) is 7.00. The molecule has 4 nitrogen and oxygen atoms in total. The summed E-state index contributed by atoms with van der Waals surface area (Å²) in [5.41, 5.74) is 0.152. The van der Waals surface area contributed by atoms with Crippen LogP contribution in [0.25, 0.3) is 0 Å². The number of hydrogen-bond acceptors (Lipinski definition) is 4. The van der Waals surface area contributed by atoms with Crippen molar-refractivity contribution in [2.24, 2.45) is 34.5 Å². The van der Waals surface area contributed by atoms with Crippen molar-refractivity contribution in [2.75, 3.05) is 7.11 Å². The second-order valence-electron chi connectivity index (χ2n) is 10.9. The van der Waals surface area contributed by atoms with Crippen LogP contribution >= 0.6 is 0 Å². The molecule has 0 radical (unpaired) electrons. The van der Waals surface area contributed by atoms with Gasteiger partial charge in [0.25, 0.3) is 0 Å². The zero-order valence-electron chi connectivity index (χ0n) is 18.1. The summed E-state index contributed by atoms with van der Waals surface area (Å²) >= 11 is 0. The van der Waals surface area contributed by atoms with E-state index in [0.29, 0.717) is 11.3 Å². The average molecular weight is 391 g/mol. The van der Waals surface area contributed by atoms with Crippen molar-refractivity contribution in [1.29, 1.82) is 0 Å². The molecule has 0 spiro atoms. The van der Waals surface area contributed by atoms with Gasteiger partial charge in [0, 0.05) is 5.41 Å². The van der Waals surface area contributed by atoms with Gasteiger partial charge < -0.3 is 14.6 Å². The van der Waals surface area contributed by atoms with E-state index < -0.39 is 5.60 Å². The molecule has 0 aliphatic heterocycles. The van der Waals surface area contributed by atoms with Crippen LogP contribution in [0, 0.1) is 34.5 Å². The molecule has 0 saturated heterocycles. The summed E-state index contributed by atoms with van der Waals surface area (Å²) < 4.78 is 10.7. The summed E-state index contributed by atoms with van der Waals surface area (Å²) in [6.07, 6.45) is 13.7. The van der Waals surface area contributed by atoms with Crippen LogP contribution in [0.5, 0.6) is 0 Å². The lowest BCUT2D eigenvalue weighted by molar-refractivity contribution is -0.151. The number of fused-ring (bicyclic) bond motifs is 5. The van der Waals surface area contributed by atoms with E-state index >= 15 is 0 Å². The second kappa shape index (κ2) is 7.04. The van der Waals surface area contributed by atoms with Crippen molar-refractivity contribution in [3.05, 3.63) is 12.3 Å². The zero-order valence-corrected chi connectivity index (χ0v) is 18.1. The molecule has 28 heavy (non-hydrogen) atoms. The number of ether oxygens (including phenoxy) is 2. The van der Waals surface area contributed by atoms with Gasteiger partial charge in [-0.1, -0.05) is 13.8 Å². The summed E-state index contributed by atoms with van der Waals surface area (Å²) in [4.78, 5) is 11.3. The Morgan fingerprint density at radius 2 is 1.71 bits per heavy atom. The normalized spacial score (nSPS) is 50.5. The van der Waals surface area contributed by atoms with Crippen LogP contribution in [0.15, 0.2) is 12.3 Å². The lowest BCUT2D eigenvalue weighted by Gasteiger charge is -2.61. The predicted molar refractivity (Wildman–Crippen MR) is 108 cm³/mol. The van der Waals surface area contributed by atoms with Gasteiger partial charge in [-0.05, 0) is 93.8 Å². The number of esters is 1. The molecule has 158 valence electrons. The van der Waals surface area contributed by atoms with E-state index in [1.54, 1.807) is 6.26 Å². The minimum Gasteiger partial charge on any atom is -0.497 e. The number of carbonyl (C=O) groups excluding carboxylic acids is 1. The Balaban J connectivity index is 1.49. The van der Waals surface area contributed by atoms with Gasteiger partial charge in [0.2, 0.25) is 0 Å². The molecular formula is C24H38O4. The summed E-state index contributed by atoms with van der Waals surface area (Å²) in [6, 6.07) is 0. The van der Waals surface area contributed by atoms with E-state index in [-0.39, 0.29) is 17.5 Å². The first-order valence-corrected chi connectivity index (χ1v) is 11.3. The predicted octanol–water partition coefficient (Wildman–Crippen LogP) is 4.85. The lowest BCUT2D eigenvalue weighted by Crippen LogP contribution is -2.55. The van der Waals surface area contributed by atoms with Gasteiger partial charge in [-0.2, -0.15) is 0 Å². The minimum absolute atomic E-state index is 0.206. The van der Waals surface area contributed by atoms with Gasteiger partial charge in [-0.3, -0.25) is 0 Å². The van der Waals surface area contributed by atoms with Crippen molar-refractivity contribution in [3.8, 4) is 0 Å². The Hall–Kier alpha value is -1.03. The van der Waals surface area contributed by atoms with Crippen LogP contribution in [0.1, 0.15) is 78.6 Å². The molecular weight excluding hydrogens is 352 g/mol. The van der Waals surface area contributed by atoms with E-state index in [2.05, 4.69) is 18.6 Å². The topological polar surface area (TPSA) is 55.8 Å². The highest BCUT2D eigenvalue weighted by atomic mass is 16.5. The summed E-state index contributed by atoms with van der Waals surface area (Å²) in [5, 5.41) is 10.6. The number of hydrogen-bond donors (Lipinski definition) is 1.